The van der Waals surface area contributed by atoms with E-state index >= 15 is 0 Å². The molecule has 4 rings (SSSR count). The lowest BCUT2D eigenvalue weighted by molar-refractivity contribution is 0.172. The van der Waals surface area contributed by atoms with E-state index in [0.717, 1.165) is 51.1 Å². The first-order valence-electron chi connectivity index (χ1n) is 10.6. The molecule has 0 amide bonds. The summed E-state index contributed by atoms with van der Waals surface area (Å²) in [6.07, 6.45) is 3.90. The van der Waals surface area contributed by atoms with Gasteiger partial charge in [-0.1, -0.05) is 60.7 Å². The van der Waals surface area contributed by atoms with E-state index in [1.54, 1.807) is 0 Å². The Balaban J connectivity index is 0.00000272. The molecule has 0 bridgehead atoms. The summed E-state index contributed by atoms with van der Waals surface area (Å²) in [5.74, 6) is 1.96. The van der Waals surface area contributed by atoms with E-state index in [4.69, 9.17) is 0 Å². The molecule has 0 spiro atoms. The second kappa shape index (κ2) is 11.9. The summed E-state index contributed by atoms with van der Waals surface area (Å²) in [4.78, 5) is 13.9. The summed E-state index contributed by atoms with van der Waals surface area (Å²) in [5, 5.41) is 3.51. The Morgan fingerprint density at radius 2 is 1.52 bits per heavy atom. The highest BCUT2D eigenvalue weighted by Gasteiger charge is 2.20. The van der Waals surface area contributed by atoms with Crippen LogP contribution in [0.15, 0.2) is 78.0 Å². The lowest BCUT2D eigenvalue weighted by Crippen LogP contribution is -2.52. The minimum Gasteiger partial charge on any atom is -0.349 e. The minimum absolute atomic E-state index is 0. The number of hydrogen-bond donors (Lipinski definition) is 1. The van der Waals surface area contributed by atoms with Crippen molar-refractivity contribution in [1.29, 1.82) is 0 Å². The van der Waals surface area contributed by atoms with Crippen LogP contribution in [0.5, 0.6) is 0 Å². The van der Waals surface area contributed by atoms with Crippen LogP contribution in [0.1, 0.15) is 17.0 Å². The highest BCUT2D eigenvalue weighted by Crippen LogP contribution is 2.09. The normalized spacial score (nSPS) is 14.9. The minimum atomic E-state index is 0. The van der Waals surface area contributed by atoms with Gasteiger partial charge in [0.25, 0.3) is 0 Å². The van der Waals surface area contributed by atoms with Gasteiger partial charge in [-0.25, -0.2) is 4.98 Å². The van der Waals surface area contributed by atoms with Gasteiger partial charge in [-0.2, -0.15) is 0 Å². The van der Waals surface area contributed by atoms with Crippen LogP contribution in [-0.2, 0) is 19.6 Å². The molecule has 0 saturated carbocycles. The second-order valence-corrected chi connectivity index (χ2v) is 7.61. The van der Waals surface area contributed by atoms with Crippen LogP contribution < -0.4 is 5.32 Å². The number of imidazole rings is 1. The third-order valence-electron chi connectivity index (χ3n) is 5.53. The molecule has 1 N–H and O–H groups in total. The maximum Gasteiger partial charge on any atom is 0.194 e. The van der Waals surface area contributed by atoms with E-state index in [1.807, 2.05) is 25.5 Å². The van der Waals surface area contributed by atoms with E-state index in [2.05, 4.69) is 84.3 Å². The number of guanidine groups is 1. The molecule has 2 aromatic carbocycles. The Morgan fingerprint density at radius 3 is 2.13 bits per heavy atom. The van der Waals surface area contributed by atoms with Crippen molar-refractivity contribution in [3.63, 3.8) is 0 Å². The van der Waals surface area contributed by atoms with Crippen molar-refractivity contribution < 1.29 is 0 Å². The van der Waals surface area contributed by atoms with Gasteiger partial charge in [0.1, 0.15) is 5.82 Å². The maximum atomic E-state index is 4.54. The Morgan fingerprint density at radius 1 is 0.903 bits per heavy atom. The Kier molecular flexibility index (Phi) is 8.90. The summed E-state index contributed by atoms with van der Waals surface area (Å²) in [6.45, 7) is 6.54. The Labute approximate surface area is 202 Å². The highest BCUT2D eigenvalue weighted by atomic mass is 127. The number of nitrogens with one attached hydrogen (secondary N) is 1. The third-order valence-corrected chi connectivity index (χ3v) is 5.53. The lowest BCUT2D eigenvalue weighted by atomic mass is 10.2. The maximum absolute atomic E-state index is 4.54. The Bertz CT molecular complexity index is 933. The summed E-state index contributed by atoms with van der Waals surface area (Å²) >= 11 is 0. The fourth-order valence-electron chi connectivity index (χ4n) is 3.88. The van der Waals surface area contributed by atoms with Gasteiger partial charge >= 0.3 is 0 Å². The molecule has 1 fully saturated rings. The standard InChI is InChI=1S/C24H30N6.HI/c1-25-24(29-16-14-28(15-17-29)19-21-8-4-2-5-9-21)27-18-23-26-12-13-30(23)20-22-10-6-3-7-11-22;/h2-13H,14-20H2,1H3,(H,25,27);1H. The lowest BCUT2D eigenvalue weighted by Gasteiger charge is -2.36. The van der Waals surface area contributed by atoms with Crippen molar-refractivity contribution in [3.05, 3.63) is 90.0 Å². The fraction of sp³-hybridized carbons (Fsp3) is 0.333. The third kappa shape index (κ3) is 6.54. The molecule has 1 saturated heterocycles. The van der Waals surface area contributed by atoms with Crippen molar-refractivity contribution in [3.8, 4) is 0 Å². The number of hydrogen-bond acceptors (Lipinski definition) is 3. The number of aromatic nitrogens is 2. The Hall–Kier alpha value is -2.39. The average molecular weight is 530 g/mol. The van der Waals surface area contributed by atoms with Gasteiger partial charge in [0.15, 0.2) is 5.96 Å². The molecule has 1 aromatic heterocycles. The molecule has 3 aromatic rings. The molecule has 2 heterocycles. The average Bonchev–Trinajstić information content (AvgIpc) is 3.23. The van der Waals surface area contributed by atoms with Gasteiger partial charge in [-0.05, 0) is 11.1 Å². The van der Waals surface area contributed by atoms with Crippen molar-refractivity contribution in [1.82, 2.24) is 24.7 Å². The smallest absolute Gasteiger partial charge is 0.194 e. The molecule has 7 heteroatoms. The molecule has 0 radical (unpaired) electrons. The van der Waals surface area contributed by atoms with Crippen LogP contribution in [-0.4, -0.2) is 58.5 Å². The predicted molar refractivity (Wildman–Crippen MR) is 137 cm³/mol. The van der Waals surface area contributed by atoms with Crippen molar-refractivity contribution >= 4 is 29.9 Å². The second-order valence-electron chi connectivity index (χ2n) is 7.61. The number of rotatable bonds is 6. The first-order chi connectivity index (χ1) is 14.8. The molecule has 1 aliphatic heterocycles. The highest BCUT2D eigenvalue weighted by molar-refractivity contribution is 14.0. The largest absolute Gasteiger partial charge is 0.349 e. The molecular formula is C24H31IN6. The van der Waals surface area contributed by atoms with E-state index in [0.29, 0.717) is 6.54 Å². The first-order valence-corrected chi connectivity index (χ1v) is 10.6. The monoisotopic (exact) mass is 530 g/mol. The summed E-state index contributed by atoms with van der Waals surface area (Å²) in [5.41, 5.74) is 2.65. The number of piperazine rings is 1. The van der Waals surface area contributed by atoms with Crippen LogP contribution in [0.2, 0.25) is 0 Å². The van der Waals surface area contributed by atoms with E-state index in [9.17, 15) is 0 Å². The molecule has 6 nitrogen and oxygen atoms in total. The van der Waals surface area contributed by atoms with Gasteiger partial charge in [-0.3, -0.25) is 9.89 Å². The molecule has 0 unspecified atom stereocenters. The van der Waals surface area contributed by atoms with E-state index in [-0.39, 0.29) is 24.0 Å². The van der Waals surface area contributed by atoms with Crippen molar-refractivity contribution in [2.45, 2.75) is 19.6 Å². The zero-order valence-electron chi connectivity index (χ0n) is 18.0. The zero-order valence-corrected chi connectivity index (χ0v) is 20.4. The van der Waals surface area contributed by atoms with Crippen LogP contribution in [0.3, 0.4) is 0 Å². The molecule has 0 atom stereocenters. The molecule has 1 aliphatic rings. The fourth-order valence-corrected chi connectivity index (χ4v) is 3.88. The van der Waals surface area contributed by atoms with Crippen molar-refractivity contribution in [2.24, 2.45) is 4.99 Å². The molecular weight excluding hydrogens is 499 g/mol. The van der Waals surface area contributed by atoms with E-state index < -0.39 is 0 Å². The molecule has 164 valence electrons. The molecule has 0 aliphatic carbocycles. The predicted octanol–water partition coefficient (Wildman–Crippen LogP) is 3.44. The van der Waals surface area contributed by atoms with Gasteiger partial charge in [0.05, 0.1) is 6.54 Å². The summed E-state index contributed by atoms with van der Waals surface area (Å²) in [6, 6.07) is 21.2. The van der Waals surface area contributed by atoms with Gasteiger partial charge in [0.2, 0.25) is 0 Å². The van der Waals surface area contributed by atoms with Crippen molar-refractivity contribution in [2.75, 3.05) is 33.2 Å². The van der Waals surface area contributed by atoms with Gasteiger partial charge in [0, 0.05) is 58.7 Å². The van der Waals surface area contributed by atoms with E-state index in [1.165, 1.54) is 11.1 Å². The zero-order chi connectivity index (χ0) is 20.6. The first kappa shape index (κ1) is 23.3. The number of aliphatic imine (C=N–C) groups is 1. The number of benzene rings is 2. The number of nitrogens with zero attached hydrogens (tertiary/aromatic N) is 5. The van der Waals surface area contributed by atoms with Gasteiger partial charge in [-0.15, -0.1) is 24.0 Å². The summed E-state index contributed by atoms with van der Waals surface area (Å²) in [7, 11) is 1.86. The van der Waals surface area contributed by atoms with Crippen LogP contribution >= 0.6 is 24.0 Å². The molecule has 31 heavy (non-hydrogen) atoms. The van der Waals surface area contributed by atoms with Crippen LogP contribution in [0.4, 0.5) is 0 Å². The van der Waals surface area contributed by atoms with Crippen LogP contribution in [0.25, 0.3) is 0 Å². The number of halogens is 1. The van der Waals surface area contributed by atoms with Crippen LogP contribution in [0, 0.1) is 0 Å². The van der Waals surface area contributed by atoms with Gasteiger partial charge < -0.3 is 14.8 Å². The summed E-state index contributed by atoms with van der Waals surface area (Å²) < 4.78 is 2.19. The SMILES string of the molecule is CN=C(NCc1nccn1Cc1ccccc1)N1CCN(Cc2ccccc2)CC1.I. The quantitative estimate of drug-likeness (QED) is 0.302. The topological polar surface area (TPSA) is 48.7 Å².